The predicted octanol–water partition coefficient (Wildman–Crippen LogP) is 2.08. The molecule has 2 fully saturated rings. The third kappa shape index (κ3) is 2.25. The number of piperazine rings is 1. The third-order valence-electron chi connectivity index (χ3n) is 5.33. The number of hydrogen-bond acceptors (Lipinski definition) is 3. The molecule has 1 aromatic carbocycles. The van der Waals surface area contributed by atoms with E-state index >= 15 is 0 Å². The average Bonchev–Trinajstić information content (AvgIpc) is 3.17. The van der Waals surface area contributed by atoms with Crippen molar-refractivity contribution < 1.29 is 14.3 Å². The van der Waals surface area contributed by atoms with Crippen LogP contribution >= 0.6 is 0 Å². The molecule has 0 spiro atoms. The smallest absolute Gasteiger partial charge is 0.410 e. The molecule has 2 saturated heterocycles. The Morgan fingerprint density at radius 3 is 2.92 bits per heavy atom. The number of carbonyl (C=O) groups is 2. The normalized spacial score (nSPS) is 23.5. The Morgan fingerprint density at radius 2 is 2.08 bits per heavy atom. The summed E-state index contributed by atoms with van der Waals surface area (Å²) < 4.78 is 7.21. The second-order valence-electron chi connectivity index (χ2n) is 6.60. The molecule has 6 heteroatoms. The fourth-order valence-electron chi connectivity index (χ4n) is 3.80. The van der Waals surface area contributed by atoms with Gasteiger partial charge in [-0.15, -0.1) is 0 Å². The van der Waals surface area contributed by atoms with Gasteiger partial charge in [-0.05, 0) is 23.9 Å². The SMILES string of the molecule is CCC12COC(=O)N1CCN(C(=O)Cn1ccc3ccccc31)C2. The summed E-state index contributed by atoms with van der Waals surface area (Å²) >= 11 is 0. The molecule has 1 unspecified atom stereocenters. The lowest BCUT2D eigenvalue weighted by Gasteiger charge is -2.44. The highest BCUT2D eigenvalue weighted by molar-refractivity contribution is 5.83. The number of amides is 2. The summed E-state index contributed by atoms with van der Waals surface area (Å²) in [7, 11) is 0. The maximum absolute atomic E-state index is 12.8. The Labute approximate surface area is 140 Å². The van der Waals surface area contributed by atoms with E-state index in [9.17, 15) is 9.59 Å². The zero-order valence-corrected chi connectivity index (χ0v) is 13.8. The van der Waals surface area contributed by atoms with E-state index in [0.29, 0.717) is 32.8 Å². The highest BCUT2D eigenvalue weighted by Crippen LogP contribution is 2.31. The van der Waals surface area contributed by atoms with Gasteiger partial charge in [-0.3, -0.25) is 9.69 Å². The molecule has 1 aromatic heterocycles. The van der Waals surface area contributed by atoms with Gasteiger partial charge in [0.25, 0.3) is 0 Å². The Bertz CT molecular complexity index is 800. The monoisotopic (exact) mass is 327 g/mol. The molecule has 0 N–H and O–H groups in total. The Balaban J connectivity index is 1.52. The quantitative estimate of drug-likeness (QED) is 0.867. The first-order chi connectivity index (χ1) is 11.6. The predicted molar refractivity (Wildman–Crippen MR) is 89.6 cm³/mol. The zero-order valence-electron chi connectivity index (χ0n) is 13.8. The molecular weight excluding hydrogens is 306 g/mol. The fourth-order valence-corrected chi connectivity index (χ4v) is 3.80. The van der Waals surface area contributed by atoms with Gasteiger partial charge in [0.15, 0.2) is 0 Å². The minimum Gasteiger partial charge on any atom is -0.447 e. The van der Waals surface area contributed by atoms with E-state index < -0.39 is 0 Å². The third-order valence-corrected chi connectivity index (χ3v) is 5.33. The Morgan fingerprint density at radius 1 is 1.25 bits per heavy atom. The minimum absolute atomic E-state index is 0.0863. The van der Waals surface area contributed by atoms with Gasteiger partial charge in [-0.2, -0.15) is 0 Å². The van der Waals surface area contributed by atoms with Gasteiger partial charge in [0, 0.05) is 31.3 Å². The van der Waals surface area contributed by atoms with Crippen molar-refractivity contribution in [3.63, 3.8) is 0 Å². The summed E-state index contributed by atoms with van der Waals surface area (Å²) in [6, 6.07) is 10.1. The van der Waals surface area contributed by atoms with Gasteiger partial charge in [0.05, 0.1) is 5.54 Å². The largest absolute Gasteiger partial charge is 0.447 e. The van der Waals surface area contributed by atoms with Crippen LogP contribution in [0.15, 0.2) is 36.5 Å². The van der Waals surface area contributed by atoms with E-state index in [2.05, 4.69) is 0 Å². The van der Waals surface area contributed by atoms with Gasteiger partial charge in [-0.1, -0.05) is 25.1 Å². The molecular formula is C18H21N3O3. The van der Waals surface area contributed by atoms with Crippen LogP contribution in [0.5, 0.6) is 0 Å². The van der Waals surface area contributed by atoms with E-state index in [1.807, 2.05) is 52.9 Å². The molecule has 0 aliphatic carbocycles. The van der Waals surface area contributed by atoms with Gasteiger partial charge in [0.2, 0.25) is 5.91 Å². The van der Waals surface area contributed by atoms with Crippen molar-refractivity contribution in [2.45, 2.75) is 25.4 Å². The van der Waals surface area contributed by atoms with Crippen LogP contribution in [0.4, 0.5) is 4.79 Å². The van der Waals surface area contributed by atoms with Crippen LogP contribution in [0.1, 0.15) is 13.3 Å². The maximum Gasteiger partial charge on any atom is 0.410 e. The number of carbonyl (C=O) groups excluding carboxylic acids is 2. The molecule has 0 bridgehead atoms. The van der Waals surface area contributed by atoms with E-state index in [-0.39, 0.29) is 17.5 Å². The van der Waals surface area contributed by atoms with Crippen LogP contribution in [0, 0.1) is 0 Å². The van der Waals surface area contributed by atoms with Crippen molar-refractivity contribution in [2.75, 3.05) is 26.2 Å². The number of ether oxygens (including phenoxy) is 1. The maximum atomic E-state index is 12.8. The molecule has 6 nitrogen and oxygen atoms in total. The molecule has 0 saturated carbocycles. The molecule has 2 amide bonds. The van der Waals surface area contributed by atoms with Crippen molar-refractivity contribution in [1.82, 2.24) is 14.4 Å². The average molecular weight is 327 g/mol. The van der Waals surface area contributed by atoms with Crippen LogP contribution in [0.25, 0.3) is 10.9 Å². The topological polar surface area (TPSA) is 54.8 Å². The van der Waals surface area contributed by atoms with Crippen LogP contribution < -0.4 is 0 Å². The highest BCUT2D eigenvalue weighted by atomic mass is 16.6. The summed E-state index contributed by atoms with van der Waals surface area (Å²) in [5.74, 6) is 0.0863. The lowest BCUT2D eigenvalue weighted by atomic mass is 9.93. The minimum atomic E-state index is -0.357. The zero-order chi connectivity index (χ0) is 16.7. The Kier molecular flexibility index (Phi) is 3.48. The van der Waals surface area contributed by atoms with E-state index in [1.54, 1.807) is 4.90 Å². The first-order valence-corrected chi connectivity index (χ1v) is 8.39. The van der Waals surface area contributed by atoms with Gasteiger partial charge < -0.3 is 14.2 Å². The first-order valence-electron chi connectivity index (χ1n) is 8.39. The van der Waals surface area contributed by atoms with Crippen LogP contribution in [0.2, 0.25) is 0 Å². The van der Waals surface area contributed by atoms with Crippen molar-refractivity contribution in [1.29, 1.82) is 0 Å². The molecule has 126 valence electrons. The molecule has 0 radical (unpaired) electrons. The molecule has 2 aliphatic heterocycles. The lowest BCUT2D eigenvalue weighted by molar-refractivity contribution is -0.135. The molecule has 2 aliphatic rings. The lowest BCUT2D eigenvalue weighted by Crippen LogP contribution is -2.62. The van der Waals surface area contributed by atoms with Crippen molar-refractivity contribution in [3.8, 4) is 0 Å². The number of hydrogen-bond donors (Lipinski definition) is 0. The van der Waals surface area contributed by atoms with Crippen LogP contribution in [-0.4, -0.2) is 58.1 Å². The van der Waals surface area contributed by atoms with Gasteiger partial charge in [0.1, 0.15) is 13.2 Å². The summed E-state index contributed by atoms with van der Waals surface area (Å²) in [5, 5.41) is 1.13. The molecule has 24 heavy (non-hydrogen) atoms. The Hall–Kier alpha value is -2.50. The molecule has 4 rings (SSSR count). The standard InChI is InChI=1S/C18H21N3O3/c1-2-18-12-20(9-10-21(18)17(23)24-13-18)16(22)11-19-8-7-14-5-3-4-6-15(14)19/h3-8H,2,9-13H2,1H3. The van der Waals surface area contributed by atoms with Crippen LogP contribution in [0.3, 0.4) is 0 Å². The molecule has 2 aromatic rings. The summed E-state index contributed by atoms with van der Waals surface area (Å²) in [4.78, 5) is 28.3. The highest BCUT2D eigenvalue weighted by Gasteiger charge is 2.50. The second-order valence-corrected chi connectivity index (χ2v) is 6.60. The number of cyclic esters (lactones) is 1. The number of fused-ring (bicyclic) bond motifs is 2. The van der Waals surface area contributed by atoms with E-state index in [0.717, 1.165) is 17.3 Å². The van der Waals surface area contributed by atoms with Crippen molar-refractivity contribution in [2.24, 2.45) is 0 Å². The number of benzene rings is 1. The summed E-state index contributed by atoms with van der Waals surface area (Å²) in [6.45, 7) is 4.40. The number of para-hydroxylation sites is 1. The summed E-state index contributed by atoms with van der Waals surface area (Å²) in [5.41, 5.74) is 0.707. The van der Waals surface area contributed by atoms with Gasteiger partial charge in [-0.25, -0.2) is 4.79 Å². The number of nitrogens with zero attached hydrogens (tertiary/aromatic N) is 3. The van der Waals surface area contributed by atoms with E-state index in [1.165, 1.54) is 0 Å². The molecule has 1 atom stereocenters. The van der Waals surface area contributed by atoms with Crippen molar-refractivity contribution >= 4 is 22.9 Å². The van der Waals surface area contributed by atoms with E-state index in [4.69, 9.17) is 4.74 Å². The number of rotatable bonds is 3. The second kappa shape index (κ2) is 5.54. The van der Waals surface area contributed by atoms with Crippen molar-refractivity contribution in [3.05, 3.63) is 36.5 Å². The summed E-state index contributed by atoms with van der Waals surface area (Å²) in [6.07, 6.45) is 2.49. The fraction of sp³-hybridized carbons (Fsp3) is 0.444. The molecule has 3 heterocycles. The number of aromatic nitrogens is 1. The first kappa shape index (κ1) is 15.1. The van der Waals surface area contributed by atoms with Gasteiger partial charge >= 0.3 is 6.09 Å². The van der Waals surface area contributed by atoms with Crippen LogP contribution in [-0.2, 0) is 16.1 Å².